The van der Waals surface area contributed by atoms with Crippen molar-refractivity contribution in [3.63, 3.8) is 0 Å². The topological polar surface area (TPSA) is 41.1 Å². The van der Waals surface area contributed by atoms with Gasteiger partial charge in [-0.05, 0) is 17.7 Å². The van der Waals surface area contributed by atoms with Crippen LogP contribution >= 0.6 is 0 Å². The van der Waals surface area contributed by atoms with Crippen LogP contribution in [0.25, 0.3) is 5.57 Å². The van der Waals surface area contributed by atoms with Crippen LogP contribution in [-0.4, -0.2) is 5.91 Å². The third-order valence-electron chi connectivity index (χ3n) is 3.64. The molecule has 0 fully saturated rings. The highest BCUT2D eigenvalue weighted by Gasteiger charge is 2.29. The molecular formula is C16H12N2O. The normalized spacial score (nSPS) is 19.7. The summed E-state index contributed by atoms with van der Waals surface area (Å²) in [6, 6.07) is 16.0. The molecule has 3 nitrogen and oxygen atoms in total. The lowest BCUT2D eigenvalue weighted by Crippen LogP contribution is -2.08. The van der Waals surface area contributed by atoms with Crippen LogP contribution in [0, 0.1) is 0 Å². The van der Waals surface area contributed by atoms with Gasteiger partial charge in [-0.15, -0.1) is 0 Å². The predicted octanol–water partition coefficient (Wildman–Crippen LogP) is 3.02. The molecule has 0 atom stereocenters. The van der Waals surface area contributed by atoms with Gasteiger partial charge in [-0.1, -0.05) is 36.4 Å². The predicted molar refractivity (Wildman–Crippen MR) is 75.8 cm³/mol. The number of hydrogen-bond acceptors (Lipinski definition) is 2. The zero-order chi connectivity index (χ0) is 12.8. The van der Waals surface area contributed by atoms with Crippen LogP contribution in [0.1, 0.15) is 11.1 Å². The van der Waals surface area contributed by atoms with Gasteiger partial charge in [-0.2, -0.15) is 0 Å². The standard InChI is InChI=1S/C16H12N2O/c19-16-15(11-6-2-4-8-13(11)18-16)14-9-10-5-1-3-7-12(10)17-14/h1-8,17H,9H2,(H,18,19)/b15-14-. The molecular weight excluding hydrogens is 236 g/mol. The number of carbonyl (C=O) groups excluding carboxylic acids is 1. The summed E-state index contributed by atoms with van der Waals surface area (Å²) in [6.07, 6.45) is 0.785. The number of amides is 1. The monoisotopic (exact) mass is 248 g/mol. The zero-order valence-electron chi connectivity index (χ0n) is 10.2. The summed E-state index contributed by atoms with van der Waals surface area (Å²) in [6.45, 7) is 0. The van der Waals surface area contributed by atoms with Crippen molar-refractivity contribution in [1.82, 2.24) is 0 Å². The Hall–Kier alpha value is -2.55. The van der Waals surface area contributed by atoms with Gasteiger partial charge >= 0.3 is 0 Å². The number of para-hydroxylation sites is 2. The Morgan fingerprint density at radius 3 is 2.42 bits per heavy atom. The number of anilines is 2. The van der Waals surface area contributed by atoms with E-state index in [0.29, 0.717) is 0 Å². The average molecular weight is 248 g/mol. The Morgan fingerprint density at radius 2 is 1.58 bits per heavy atom. The molecule has 2 N–H and O–H groups in total. The van der Waals surface area contributed by atoms with Crippen molar-refractivity contribution >= 4 is 22.9 Å². The summed E-state index contributed by atoms with van der Waals surface area (Å²) < 4.78 is 0. The van der Waals surface area contributed by atoms with Crippen LogP contribution in [0.15, 0.2) is 54.2 Å². The molecule has 2 aromatic carbocycles. The van der Waals surface area contributed by atoms with Crippen LogP contribution in [0.4, 0.5) is 11.4 Å². The highest BCUT2D eigenvalue weighted by molar-refractivity contribution is 6.32. The first-order valence-corrected chi connectivity index (χ1v) is 6.32. The quantitative estimate of drug-likeness (QED) is 0.704. The van der Waals surface area contributed by atoms with E-state index >= 15 is 0 Å². The Labute approximate surface area is 111 Å². The summed E-state index contributed by atoms with van der Waals surface area (Å²) in [7, 11) is 0. The summed E-state index contributed by atoms with van der Waals surface area (Å²) in [5, 5.41) is 6.28. The maximum absolute atomic E-state index is 12.2. The Morgan fingerprint density at radius 1 is 0.842 bits per heavy atom. The van der Waals surface area contributed by atoms with Crippen molar-refractivity contribution in [1.29, 1.82) is 0 Å². The molecule has 92 valence electrons. The molecule has 0 bridgehead atoms. The van der Waals surface area contributed by atoms with Crippen molar-refractivity contribution in [2.75, 3.05) is 10.6 Å². The molecule has 2 aliphatic rings. The number of allylic oxidation sites excluding steroid dienone is 1. The Kier molecular flexibility index (Phi) is 2.03. The van der Waals surface area contributed by atoms with Crippen molar-refractivity contribution in [3.8, 4) is 0 Å². The minimum Gasteiger partial charge on any atom is -0.358 e. The summed E-state index contributed by atoms with van der Waals surface area (Å²) in [5.74, 6) is -0.0171. The van der Waals surface area contributed by atoms with Crippen LogP contribution < -0.4 is 10.6 Å². The lowest BCUT2D eigenvalue weighted by Gasteiger charge is -2.04. The van der Waals surface area contributed by atoms with Gasteiger partial charge in [0.25, 0.3) is 5.91 Å². The van der Waals surface area contributed by atoms with Gasteiger partial charge in [0.2, 0.25) is 0 Å². The van der Waals surface area contributed by atoms with Crippen molar-refractivity contribution in [3.05, 3.63) is 65.4 Å². The minimum absolute atomic E-state index is 0.0171. The van der Waals surface area contributed by atoms with E-state index in [1.807, 2.05) is 42.5 Å². The number of carbonyl (C=O) groups is 1. The van der Waals surface area contributed by atoms with Gasteiger partial charge in [0, 0.05) is 29.1 Å². The number of hydrogen-bond donors (Lipinski definition) is 2. The molecule has 4 rings (SSSR count). The van der Waals surface area contributed by atoms with Gasteiger partial charge in [0.15, 0.2) is 0 Å². The summed E-state index contributed by atoms with van der Waals surface area (Å²) in [4.78, 5) is 12.2. The van der Waals surface area contributed by atoms with Crippen molar-refractivity contribution < 1.29 is 4.79 Å². The molecule has 3 heteroatoms. The van der Waals surface area contributed by atoms with Crippen LogP contribution in [0.5, 0.6) is 0 Å². The lowest BCUT2D eigenvalue weighted by molar-refractivity contribution is -0.110. The SMILES string of the molecule is O=C1Nc2ccccc2/C1=C1\Cc2ccccc2N1. The largest absolute Gasteiger partial charge is 0.358 e. The molecule has 1 amide bonds. The highest BCUT2D eigenvalue weighted by atomic mass is 16.2. The van der Waals surface area contributed by atoms with E-state index in [9.17, 15) is 4.79 Å². The molecule has 0 aromatic heterocycles. The number of rotatable bonds is 0. The zero-order valence-corrected chi connectivity index (χ0v) is 10.2. The van der Waals surface area contributed by atoms with Gasteiger partial charge in [-0.3, -0.25) is 4.79 Å². The van der Waals surface area contributed by atoms with E-state index in [-0.39, 0.29) is 5.91 Å². The smallest absolute Gasteiger partial charge is 0.258 e. The van der Waals surface area contributed by atoms with Crippen LogP contribution in [0.2, 0.25) is 0 Å². The van der Waals surface area contributed by atoms with E-state index in [0.717, 1.165) is 34.6 Å². The van der Waals surface area contributed by atoms with E-state index < -0.39 is 0 Å². The summed E-state index contributed by atoms with van der Waals surface area (Å²) in [5.41, 5.74) is 5.98. The first kappa shape index (κ1) is 10.4. The van der Waals surface area contributed by atoms with Crippen molar-refractivity contribution in [2.45, 2.75) is 6.42 Å². The van der Waals surface area contributed by atoms with Gasteiger partial charge in [0.1, 0.15) is 0 Å². The fourth-order valence-corrected chi connectivity index (χ4v) is 2.76. The maximum Gasteiger partial charge on any atom is 0.258 e. The Balaban J connectivity index is 1.86. The molecule has 0 spiro atoms. The van der Waals surface area contributed by atoms with E-state index in [1.54, 1.807) is 0 Å². The Bertz CT molecular complexity index is 704. The second-order valence-corrected chi connectivity index (χ2v) is 4.81. The first-order chi connectivity index (χ1) is 9.33. The molecule has 0 radical (unpaired) electrons. The molecule has 0 unspecified atom stereocenters. The fraction of sp³-hybridized carbons (Fsp3) is 0.0625. The van der Waals surface area contributed by atoms with Gasteiger partial charge < -0.3 is 10.6 Å². The minimum atomic E-state index is -0.0171. The number of benzene rings is 2. The molecule has 19 heavy (non-hydrogen) atoms. The summed E-state index contributed by atoms with van der Waals surface area (Å²) >= 11 is 0. The van der Waals surface area contributed by atoms with Gasteiger partial charge in [-0.25, -0.2) is 0 Å². The van der Waals surface area contributed by atoms with E-state index in [4.69, 9.17) is 0 Å². The average Bonchev–Trinajstić information content (AvgIpc) is 2.97. The molecule has 0 saturated heterocycles. The van der Waals surface area contributed by atoms with E-state index in [1.165, 1.54) is 5.56 Å². The fourth-order valence-electron chi connectivity index (χ4n) is 2.76. The first-order valence-electron chi connectivity index (χ1n) is 6.32. The van der Waals surface area contributed by atoms with Crippen LogP contribution in [0.3, 0.4) is 0 Å². The van der Waals surface area contributed by atoms with Gasteiger partial charge in [0.05, 0.1) is 5.57 Å². The lowest BCUT2D eigenvalue weighted by atomic mass is 10.0. The van der Waals surface area contributed by atoms with E-state index in [2.05, 4.69) is 16.7 Å². The molecule has 0 saturated carbocycles. The van der Waals surface area contributed by atoms with Crippen molar-refractivity contribution in [2.24, 2.45) is 0 Å². The third-order valence-corrected chi connectivity index (χ3v) is 3.64. The molecule has 0 aliphatic carbocycles. The number of fused-ring (bicyclic) bond motifs is 2. The molecule has 2 aromatic rings. The molecule has 2 aliphatic heterocycles. The highest BCUT2D eigenvalue weighted by Crippen LogP contribution is 2.38. The maximum atomic E-state index is 12.2. The molecule has 2 heterocycles. The van der Waals surface area contributed by atoms with Crippen LogP contribution in [-0.2, 0) is 11.2 Å². The second-order valence-electron chi connectivity index (χ2n) is 4.81. The second kappa shape index (κ2) is 3.72. The number of nitrogens with one attached hydrogen (secondary N) is 2. The third kappa shape index (κ3) is 1.48.